The molecule has 27 heavy (non-hydrogen) atoms. The third-order valence-electron chi connectivity index (χ3n) is 4.17. The highest BCUT2D eigenvalue weighted by atomic mass is 35.5. The summed E-state index contributed by atoms with van der Waals surface area (Å²) in [7, 11) is 1.29. The Balaban J connectivity index is 1.66. The molecule has 0 radical (unpaired) electrons. The second kappa shape index (κ2) is 8.68. The number of carbonyl (C=O) groups excluding carboxylic acids is 2. The van der Waals surface area contributed by atoms with Crippen LogP contribution in [0, 0.1) is 0 Å². The minimum atomic E-state index is -0.741. The van der Waals surface area contributed by atoms with Gasteiger partial charge in [0.15, 0.2) is 0 Å². The Bertz CT molecular complexity index is 805. The summed E-state index contributed by atoms with van der Waals surface area (Å²) < 4.78 is 10.2. The number of anilines is 1. The van der Waals surface area contributed by atoms with E-state index in [-0.39, 0.29) is 19.2 Å². The van der Waals surface area contributed by atoms with Crippen molar-refractivity contribution in [2.45, 2.75) is 25.1 Å². The van der Waals surface area contributed by atoms with E-state index in [2.05, 4.69) is 15.3 Å². The largest absolute Gasteiger partial charge is 0.467 e. The first-order valence-electron chi connectivity index (χ1n) is 8.37. The molecule has 3 rings (SSSR count). The van der Waals surface area contributed by atoms with Gasteiger partial charge in [-0.2, -0.15) is 0 Å². The van der Waals surface area contributed by atoms with Gasteiger partial charge in [0.25, 0.3) is 0 Å². The molecule has 1 fully saturated rings. The summed E-state index contributed by atoms with van der Waals surface area (Å²) in [6.45, 7) is 0.378. The molecular weight excluding hydrogens is 372 g/mol. The molecule has 2 heterocycles. The first-order chi connectivity index (χ1) is 13.1. The van der Waals surface area contributed by atoms with Crippen molar-refractivity contribution in [1.29, 1.82) is 0 Å². The predicted molar refractivity (Wildman–Crippen MR) is 98.2 cm³/mol. The number of esters is 1. The molecular formula is C18H19ClN4O4. The number of aromatic nitrogens is 2. The molecule has 8 nitrogen and oxygen atoms in total. The Morgan fingerprint density at radius 1 is 1.30 bits per heavy atom. The molecule has 1 aliphatic heterocycles. The maximum atomic E-state index is 12.5. The number of hydrogen-bond acceptors (Lipinski definition) is 7. The molecule has 142 valence electrons. The van der Waals surface area contributed by atoms with Gasteiger partial charge in [-0.05, 0) is 11.6 Å². The van der Waals surface area contributed by atoms with E-state index in [0.717, 1.165) is 5.56 Å². The van der Waals surface area contributed by atoms with Crippen LogP contribution in [0.2, 0.25) is 5.15 Å². The topological polar surface area (TPSA) is 93.6 Å². The van der Waals surface area contributed by atoms with Crippen molar-refractivity contribution in [1.82, 2.24) is 14.9 Å². The summed E-state index contributed by atoms with van der Waals surface area (Å²) in [5.74, 6) is -0.168. The molecule has 1 unspecified atom stereocenters. The van der Waals surface area contributed by atoms with Crippen LogP contribution in [0.5, 0.6) is 0 Å². The van der Waals surface area contributed by atoms with Crippen LogP contribution in [-0.2, 0) is 20.9 Å². The molecule has 1 amide bonds. The van der Waals surface area contributed by atoms with E-state index >= 15 is 0 Å². The van der Waals surface area contributed by atoms with Crippen molar-refractivity contribution < 1.29 is 19.1 Å². The maximum Gasteiger partial charge on any atom is 0.410 e. The lowest BCUT2D eigenvalue weighted by molar-refractivity contribution is -0.145. The number of methoxy groups -OCH3 is 1. The lowest BCUT2D eigenvalue weighted by Crippen LogP contribution is -2.41. The number of carbonyl (C=O) groups is 2. The van der Waals surface area contributed by atoms with E-state index in [1.54, 1.807) is 6.07 Å². The van der Waals surface area contributed by atoms with E-state index < -0.39 is 18.1 Å². The van der Waals surface area contributed by atoms with E-state index in [1.165, 1.54) is 18.2 Å². The van der Waals surface area contributed by atoms with Crippen LogP contribution in [0.3, 0.4) is 0 Å². The summed E-state index contributed by atoms with van der Waals surface area (Å²) >= 11 is 5.86. The highest BCUT2D eigenvalue weighted by molar-refractivity contribution is 6.29. The van der Waals surface area contributed by atoms with Gasteiger partial charge in [-0.3, -0.25) is 4.90 Å². The van der Waals surface area contributed by atoms with Gasteiger partial charge in [-0.25, -0.2) is 19.6 Å². The Morgan fingerprint density at radius 2 is 2.07 bits per heavy atom. The monoisotopic (exact) mass is 390 g/mol. The molecule has 0 saturated carbocycles. The molecule has 2 atom stereocenters. The number of benzene rings is 1. The zero-order chi connectivity index (χ0) is 19.2. The van der Waals surface area contributed by atoms with Gasteiger partial charge >= 0.3 is 12.1 Å². The van der Waals surface area contributed by atoms with Gasteiger partial charge in [0.05, 0.1) is 7.11 Å². The third-order valence-corrected chi connectivity index (χ3v) is 4.38. The van der Waals surface area contributed by atoms with Crippen LogP contribution >= 0.6 is 11.6 Å². The van der Waals surface area contributed by atoms with Crippen LogP contribution < -0.4 is 5.32 Å². The number of likely N-dealkylation sites (tertiary alicyclic amines) is 1. The SMILES string of the molecule is COC(=O)[C@@H]1CC(Nc2nccc(Cl)n2)CN1C(=O)OCc1ccccc1. The van der Waals surface area contributed by atoms with Crippen molar-refractivity contribution >= 4 is 29.6 Å². The lowest BCUT2D eigenvalue weighted by Gasteiger charge is -2.21. The smallest absolute Gasteiger partial charge is 0.410 e. The van der Waals surface area contributed by atoms with Crippen molar-refractivity contribution in [3.8, 4) is 0 Å². The first-order valence-corrected chi connectivity index (χ1v) is 8.75. The van der Waals surface area contributed by atoms with E-state index in [9.17, 15) is 9.59 Å². The average molecular weight is 391 g/mol. The molecule has 2 aromatic rings. The summed E-state index contributed by atoms with van der Waals surface area (Å²) in [5, 5.41) is 3.39. The van der Waals surface area contributed by atoms with Crippen LogP contribution in [0.25, 0.3) is 0 Å². The highest BCUT2D eigenvalue weighted by Gasteiger charge is 2.41. The van der Waals surface area contributed by atoms with Crippen molar-refractivity contribution in [2.75, 3.05) is 19.0 Å². The minimum Gasteiger partial charge on any atom is -0.467 e. The quantitative estimate of drug-likeness (QED) is 0.619. The number of rotatable bonds is 5. The fourth-order valence-electron chi connectivity index (χ4n) is 2.89. The first kappa shape index (κ1) is 18.9. The predicted octanol–water partition coefficient (Wildman–Crippen LogP) is 2.49. The number of hydrogen-bond donors (Lipinski definition) is 1. The zero-order valence-corrected chi connectivity index (χ0v) is 15.4. The summed E-state index contributed by atoms with van der Waals surface area (Å²) in [5.41, 5.74) is 0.863. The molecule has 1 aromatic carbocycles. The van der Waals surface area contributed by atoms with Crippen molar-refractivity contribution in [3.63, 3.8) is 0 Å². The number of amides is 1. The van der Waals surface area contributed by atoms with Gasteiger partial charge in [0, 0.05) is 25.2 Å². The molecule has 9 heteroatoms. The standard InChI is InChI=1S/C18H19ClN4O4/c1-26-16(24)14-9-13(21-17-20-8-7-15(19)22-17)10-23(14)18(25)27-11-12-5-3-2-4-6-12/h2-8,13-14H,9-11H2,1H3,(H,20,21,22)/t13?,14-/m0/s1. The van der Waals surface area contributed by atoms with Gasteiger partial charge in [0.2, 0.25) is 5.95 Å². The number of nitrogens with zero attached hydrogens (tertiary/aromatic N) is 3. The number of nitrogens with one attached hydrogen (secondary N) is 1. The Hall–Kier alpha value is -2.87. The van der Waals surface area contributed by atoms with Crippen LogP contribution in [0.15, 0.2) is 42.6 Å². The maximum absolute atomic E-state index is 12.5. The van der Waals surface area contributed by atoms with Gasteiger partial charge < -0.3 is 14.8 Å². The lowest BCUT2D eigenvalue weighted by atomic mass is 10.2. The molecule has 1 aliphatic rings. The van der Waals surface area contributed by atoms with Crippen molar-refractivity contribution in [3.05, 3.63) is 53.3 Å². The van der Waals surface area contributed by atoms with Crippen LogP contribution in [0.4, 0.5) is 10.7 Å². The molecule has 0 spiro atoms. The number of halogens is 1. The zero-order valence-electron chi connectivity index (χ0n) is 14.7. The Kier molecular flexibility index (Phi) is 6.08. The average Bonchev–Trinajstić information content (AvgIpc) is 3.10. The molecule has 1 saturated heterocycles. The summed E-state index contributed by atoms with van der Waals surface area (Å²) in [6.07, 6.45) is 1.30. The molecule has 1 aromatic heterocycles. The number of ether oxygens (including phenoxy) is 2. The fourth-order valence-corrected chi connectivity index (χ4v) is 3.03. The Labute approximate surface area is 161 Å². The molecule has 1 N–H and O–H groups in total. The summed E-state index contributed by atoms with van der Waals surface area (Å²) in [6, 6.07) is 9.90. The van der Waals surface area contributed by atoms with E-state index in [1.807, 2.05) is 30.3 Å². The van der Waals surface area contributed by atoms with Gasteiger partial charge in [-0.15, -0.1) is 0 Å². The van der Waals surface area contributed by atoms with Crippen LogP contribution in [0.1, 0.15) is 12.0 Å². The van der Waals surface area contributed by atoms with E-state index in [4.69, 9.17) is 21.1 Å². The Morgan fingerprint density at radius 3 is 2.78 bits per heavy atom. The minimum absolute atomic E-state index is 0.125. The van der Waals surface area contributed by atoms with E-state index in [0.29, 0.717) is 17.5 Å². The van der Waals surface area contributed by atoms with Gasteiger partial charge in [-0.1, -0.05) is 41.9 Å². The molecule has 0 aliphatic carbocycles. The van der Waals surface area contributed by atoms with Crippen LogP contribution in [-0.4, -0.2) is 52.7 Å². The van der Waals surface area contributed by atoms with Crippen molar-refractivity contribution in [2.24, 2.45) is 0 Å². The normalized spacial score (nSPS) is 18.8. The third kappa shape index (κ3) is 4.85. The molecule has 0 bridgehead atoms. The second-order valence-electron chi connectivity index (χ2n) is 6.01. The highest BCUT2D eigenvalue weighted by Crippen LogP contribution is 2.23. The van der Waals surface area contributed by atoms with Gasteiger partial charge in [0.1, 0.15) is 17.8 Å². The summed E-state index contributed by atoms with van der Waals surface area (Å²) in [4.78, 5) is 34.1. The second-order valence-corrected chi connectivity index (χ2v) is 6.40. The fraction of sp³-hybridized carbons (Fsp3) is 0.333.